The van der Waals surface area contributed by atoms with Crippen LogP contribution in [0.2, 0.25) is 0 Å². The number of esters is 1. The molecule has 0 aromatic rings. The molecular formula is C13H22N2O2. The Labute approximate surface area is 104 Å². The van der Waals surface area contributed by atoms with Gasteiger partial charge in [0, 0.05) is 6.04 Å². The zero-order chi connectivity index (χ0) is 13.1. The van der Waals surface area contributed by atoms with Gasteiger partial charge < -0.3 is 4.74 Å². The standard InChI is InChI=1S/C13H22N2O2/c1-10(7-8-14)15-9-5-6-11(15)12(16)17-13(2,3)4/h10-11H,5-7,9H2,1-4H3/t10?,11-/m1/s1. The van der Waals surface area contributed by atoms with Gasteiger partial charge in [-0.1, -0.05) is 0 Å². The number of nitriles is 1. The first-order valence-electron chi connectivity index (χ1n) is 6.20. The highest BCUT2D eigenvalue weighted by Crippen LogP contribution is 2.24. The number of rotatable bonds is 3. The van der Waals surface area contributed by atoms with Gasteiger partial charge in [-0.2, -0.15) is 5.26 Å². The summed E-state index contributed by atoms with van der Waals surface area (Å²) in [5.41, 5.74) is -0.441. The van der Waals surface area contributed by atoms with Crippen molar-refractivity contribution in [1.82, 2.24) is 4.90 Å². The van der Waals surface area contributed by atoms with Crippen LogP contribution in [-0.2, 0) is 9.53 Å². The second-order valence-electron chi connectivity index (χ2n) is 5.64. The van der Waals surface area contributed by atoms with E-state index in [0.717, 1.165) is 19.4 Å². The largest absolute Gasteiger partial charge is 0.459 e. The number of hydrogen-bond donors (Lipinski definition) is 0. The van der Waals surface area contributed by atoms with Gasteiger partial charge in [0.2, 0.25) is 0 Å². The second-order valence-corrected chi connectivity index (χ2v) is 5.64. The lowest BCUT2D eigenvalue weighted by Crippen LogP contribution is -2.44. The van der Waals surface area contributed by atoms with Gasteiger partial charge in [0.25, 0.3) is 0 Å². The Kier molecular flexibility index (Phi) is 4.53. The molecule has 2 atom stereocenters. The van der Waals surface area contributed by atoms with Gasteiger partial charge in [0.05, 0.1) is 12.5 Å². The highest BCUT2D eigenvalue weighted by atomic mass is 16.6. The number of carbonyl (C=O) groups excluding carboxylic acids is 1. The molecule has 0 aliphatic carbocycles. The van der Waals surface area contributed by atoms with E-state index in [9.17, 15) is 4.79 Å². The van der Waals surface area contributed by atoms with E-state index in [4.69, 9.17) is 10.00 Å². The molecule has 1 rings (SSSR count). The Morgan fingerprint density at radius 2 is 2.24 bits per heavy atom. The van der Waals surface area contributed by atoms with Crippen LogP contribution in [0, 0.1) is 11.3 Å². The lowest BCUT2D eigenvalue weighted by molar-refractivity contribution is -0.161. The molecule has 0 bridgehead atoms. The average Bonchev–Trinajstić information content (AvgIpc) is 2.63. The number of carbonyl (C=O) groups is 1. The first kappa shape index (κ1) is 14.0. The van der Waals surface area contributed by atoms with Crippen LogP contribution in [0.25, 0.3) is 0 Å². The van der Waals surface area contributed by atoms with E-state index in [1.165, 1.54) is 0 Å². The van der Waals surface area contributed by atoms with E-state index in [0.29, 0.717) is 6.42 Å². The summed E-state index contributed by atoms with van der Waals surface area (Å²) in [6.45, 7) is 8.51. The Hall–Kier alpha value is -1.08. The first-order valence-corrected chi connectivity index (χ1v) is 6.20. The van der Waals surface area contributed by atoms with Crippen molar-refractivity contribution in [2.75, 3.05) is 6.54 Å². The molecule has 1 heterocycles. The van der Waals surface area contributed by atoms with E-state index in [1.807, 2.05) is 27.7 Å². The molecule has 4 nitrogen and oxygen atoms in total. The van der Waals surface area contributed by atoms with E-state index < -0.39 is 5.60 Å². The monoisotopic (exact) mass is 238 g/mol. The van der Waals surface area contributed by atoms with Crippen molar-refractivity contribution >= 4 is 5.97 Å². The maximum absolute atomic E-state index is 12.0. The zero-order valence-corrected chi connectivity index (χ0v) is 11.2. The van der Waals surface area contributed by atoms with E-state index in [1.54, 1.807) is 0 Å². The molecule has 0 aromatic heterocycles. The molecule has 1 fully saturated rings. The molecule has 0 spiro atoms. The summed E-state index contributed by atoms with van der Waals surface area (Å²) < 4.78 is 5.42. The van der Waals surface area contributed by atoms with Crippen molar-refractivity contribution in [2.45, 2.75) is 64.6 Å². The van der Waals surface area contributed by atoms with Crippen LogP contribution in [-0.4, -0.2) is 35.1 Å². The molecule has 17 heavy (non-hydrogen) atoms. The molecule has 1 aliphatic heterocycles. The Morgan fingerprint density at radius 3 is 2.76 bits per heavy atom. The number of hydrogen-bond acceptors (Lipinski definition) is 4. The van der Waals surface area contributed by atoms with E-state index in [2.05, 4.69) is 11.0 Å². The third-order valence-corrected chi connectivity index (χ3v) is 2.93. The molecule has 96 valence electrons. The second kappa shape index (κ2) is 5.50. The summed E-state index contributed by atoms with van der Waals surface area (Å²) in [5, 5.41) is 8.72. The lowest BCUT2D eigenvalue weighted by atomic mass is 10.1. The zero-order valence-electron chi connectivity index (χ0n) is 11.2. The average molecular weight is 238 g/mol. The predicted octanol–water partition coefficient (Wildman–Crippen LogP) is 2.09. The molecule has 1 saturated heterocycles. The van der Waals surface area contributed by atoms with Gasteiger partial charge in [-0.25, -0.2) is 0 Å². The van der Waals surface area contributed by atoms with Crippen LogP contribution >= 0.6 is 0 Å². The summed E-state index contributed by atoms with van der Waals surface area (Å²) in [6.07, 6.45) is 2.30. The maximum atomic E-state index is 12.0. The van der Waals surface area contributed by atoms with Gasteiger partial charge in [-0.15, -0.1) is 0 Å². The minimum absolute atomic E-state index is 0.125. The number of nitrogens with zero attached hydrogens (tertiary/aromatic N) is 2. The minimum Gasteiger partial charge on any atom is -0.459 e. The molecule has 1 aliphatic rings. The Balaban J connectivity index is 2.63. The molecule has 1 unspecified atom stereocenters. The number of ether oxygens (including phenoxy) is 1. The maximum Gasteiger partial charge on any atom is 0.323 e. The fraction of sp³-hybridized carbons (Fsp3) is 0.846. The fourth-order valence-corrected chi connectivity index (χ4v) is 2.19. The van der Waals surface area contributed by atoms with Crippen LogP contribution < -0.4 is 0 Å². The molecule has 0 aromatic carbocycles. The predicted molar refractivity (Wildman–Crippen MR) is 65.3 cm³/mol. The smallest absolute Gasteiger partial charge is 0.323 e. The van der Waals surface area contributed by atoms with Crippen molar-refractivity contribution in [1.29, 1.82) is 5.26 Å². The lowest BCUT2D eigenvalue weighted by Gasteiger charge is -2.30. The van der Waals surface area contributed by atoms with Gasteiger partial charge in [0.1, 0.15) is 11.6 Å². The van der Waals surface area contributed by atoms with Crippen LogP contribution in [0.1, 0.15) is 47.0 Å². The highest BCUT2D eigenvalue weighted by molar-refractivity contribution is 5.76. The molecule has 4 heteroatoms. The van der Waals surface area contributed by atoms with Crippen molar-refractivity contribution < 1.29 is 9.53 Å². The summed E-state index contributed by atoms with van der Waals surface area (Å²) in [4.78, 5) is 14.1. The molecular weight excluding hydrogens is 216 g/mol. The third-order valence-electron chi connectivity index (χ3n) is 2.93. The molecule has 0 amide bonds. The molecule has 0 saturated carbocycles. The van der Waals surface area contributed by atoms with Crippen LogP contribution in [0.4, 0.5) is 0 Å². The van der Waals surface area contributed by atoms with Crippen LogP contribution in [0.5, 0.6) is 0 Å². The third kappa shape index (κ3) is 4.01. The number of likely N-dealkylation sites (tertiary alicyclic amines) is 1. The quantitative estimate of drug-likeness (QED) is 0.706. The summed E-state index contributed by atoms with van der Waals surface area (Å²) in [6, 6.07) is 2.11. The molecule has 0 N–H and O–H groups in total. The summed E-state index contributed by atoms with van der Waals surface area (Å²) in [5.74, 6) is -0.153. The van der Waals surface area contributed by atoms with Crippen LogP contribution in [0.15, 0.2) is 0 Å². The normalized spacial score (nSPS) is 23.1. The first-order chi connectivity index (χ1) is 7.85. The Bertz CT molecular complexity index is 314. The van der Waals surface area contributed by atoms with Crippen molar-refractivity contribution in [2.24, 2.45) is 0 Å². The Morgan fingerprint density at radius 1 is 1.59 bits per heavy atom. The van der Waals surface area contributed by atoms with Crippen LogP contribution in [0.3, 0.4) is 0 Å². The van der Waals surface area contributed by atoms with Gasteiger partial charge in [0.15, 0.2) is 0 Å². The minimum atomic E-state index is -0.441. The van der Waals surface area contributed by atoms with Crippen molar-refractivity contribution in [3.63, 3.8) is 0 Å². The SMILES string of the molecule is CC(CC#N)N1CCC[C@@H]1C(=O)OC(C)(C)C. The van der Waals surface area contributed by atoms with Gasteiger partial charge in [-0.3, -0.25) is 9.69 Å². The van der Waals surface area contributed by atoms with E-state index in [-0.39, 0.29) is 18.1 Å². The van der Waals surface area contributed by atoms with Crippen molar-refractivity contribution in [3.8, 4) is 6.07 Å². The van der Waals surface area contributed by atoms with Crippen molar-refractivity contribution in [3.05, 3.63) is 0 Å². The highest BCUT2D eigenvalue weighted by Gasteiger charge is 2.36. The molecule has 0 radical (unpaired) electrons. The summed E-state index contributed by atoms with van der Waals surface area (Å²) in [7, 11) is 0. The summed E-state index contributed by atoms with van der Waals surface area (Å²) >= 11 is 0. The van der Waals surface area contributed by atoms with E-state index >= 15 is 0 Å². The van der Waals surface area contributed by atoms with Gasteiger partial charge in [-0.05, 0) is 47.1 Å². The fourth-order valence-electron chi connectivity index (χ4n) is 2.19. The topological polar surface area (TPSA) is 53.3 Å². The van der Waals surface area contributed by atoms with Gasteiger partial charge >= 0.3 is 5.97 Å².